The van der Waals surface area contributed by atoms with E-state index in [1.807, 2.05) is 11.8 Å². The quantitative estimate of drug-likeness (QED) is 0.297. The smallest absolute Gasteiger partial charge is 0.356 e. The first-order valence-electron chi connectivity index (χ1n) is 6.64. The lowest BCUT2D eigenvalue weighted by Gasteiger charge is -2.14. The SMILES string of the molecule is CN=C(NCCCCC(F)(F)F)NCC1CCCS1.I. The third-order valence-electron chi connectivity index (χ3n) is 2.92. The predicted octanol–water partition coefficient (Wildman–Crippen LogP) is 3.40. The van der Waals surface area contributed by atoms with Crippen molar-refractivity contribution in [3.8, 4) is 0 Å². The van der Waals surface area contributed by atoms with Gasteiger partial charge < -0.3 is 10.6 Å². The average molecular weight is 425 g/mol. The Morgan fingerprint density at radius 2 is 2.05 bits per heavy atom. The van der Waals surface area contributed by atoms with Crippen LogP contribution in [-0.4, -0.2) is 43.3 Å². The molecule has 0 bridgehead atoms. The van der Waals surface area contributed by atoms with Crippen molar-refractivity contribution in [1.82, 2.24) is 10.6 Å². The molecule has 0 aliphatic carbocycles. The second kappa shape index (κ2) is 10.8. The Hall–Kier alpha value is 0.140. The fraction of sp³-hybridized carbons (Fsp3) is 0.917. The molecule has 1 aliphatic heterocycles. The fourth-order valence-electron chi connectivity index (χ4n) is 1.89. The molecular weight excluding hydrogens is 402 g/mol. The van der Waals surface area contributed by atoms with Crippen LogP contribution in [0.4, 0.5) is 13.2 Å². The summed E-state index contributed by atoms with van der Waals surface area (Å²) in [5.74, 6) is 1.90. The van der Waals surface area contributed by atoms with E-state index in [4.69, 9.17) is 0 Å². The van der Waals surface area contributed by atoms with Gasteiger partial charge in [0.25, 0.3) is 0 Å². The van der Waals surface area contributed by atoms with Gasteiger partial charge in [-0.25, -0.2) is 0 Å². The summed E-state index contributed by atoms with van der Waals surface area (Å²) < 4.78 is 35.8. The molecule has 0 aromatic heterocycles. The van der Waals surface area contributed by atoms with Crippen LogP contribution in [0.15, 0.2) is 4.99 Å². The van der Waals surface area contributed by atoms with E-state index in [2.05, 4.69) is 15.6 Å². The summed E-state index contributed by atoms with van der Waals surface area (Å²) in [5.41, 5.74) is 0. The van der Waals surface area contributed by atoms with E-state index < -0.39 is 12.6 Å². The minimum Gasteiger partial charge on any atom is -0.356 e. The molecule has 1 fully saturated rings. The highest BCUT2D eigenvalue weighted by atomic mass is 127. The number of rotatable bonds is 6. The number of unbranched alkanes of at least 4 members (excludes halogenated alkanes) is 1. The maximum absolute atomic E-state index is 11.9. The van der Waals surface area contributed by atoms with E-state index in [0.717, 1.165) is 6.54 Å². The first-order chi connectivity index (χ1) is 9.01. The van der Waals surface area contributed by atoms with Crippen LogP contribution in [0, 0.1) is 0 Å². The number of alkyl halides is 3. The molecule has 0 spiro atoms. The van der Waals surface area contributed by atoms with Crippen LogP contribution >= 0.6 is 35.7 Å². The van der Waals surface area contributed by atoms with E-state index in [1.54, 1.807) is 7.05 Å². The third-order valence-corrected chi connectivity index (χ3v) is 4.32. The van der Waals surface area contributed by atoms with Gasteiger partial charge in [0, 0.05) is 31.8 Å². The summed E-state index contributed by atoms with van der Waals surface area (Å²) >= 11 is 1.96. The molecule has 0 saturated carbocycles. The Balaban J connectivity index is 0.00000361. The van der Waals surface area contributed by atoms with Gasteiger partial charge in [0.05, 0.1) is 0 Å². The van der Waals surface area contributed by atoms with Gasteiger partial charge >= 0.3 is 6.18 Å². The van der Waals surface area contributed by atoms with Crippen LogP contribution in [0.1, 0.15) is 32.1 Å². The van der Waals surface area contributed by atoms with Crippen molar-refractivity contribution in [1.29, 1.82) is 0 Å². The van der Waals surface area contributed by atoms with Crippen molar-refractivity contribution >= 4 is 41.7 Å². The van der Waals surface area contributed by atoms with Crippen molar-refractivity contribution in [2.24, 2.45) is 4.99 Å². The van der Waals surface area contributed by atoms with Gasteiger partial charge in [-0.05, 0) is 31.4 Å². The highest BCUT2D eigenvalue weighted by molar-refractivity contribution is 14.0. The summed E-state index contributed by atoms with van der Waals surface area (Å²) in [4.78, 5) is 4.06. The van der Waals surface area contributed by atoms with Crippen LogP contribution in [0.3, 0.4) is 0 Å². The molecule has 2 N–H and O–H groups in total. The number of hydrogen-bond donors (Lipinski definition) is 2. The monoisotopic (exact) mass is 425 g/mol. The number of halogens is 4. The minimum absolute atomic E-state index is 0. The first-order valence-corrected chi connectivity index (χ1v) is 7.69. The summed E-state index contributed by atoms with van der Waals surface area (Å²) in [5, 5.41) is 6.88. The second-order valence-electron chi connectivity index (χ2n) is 4.59. The predicted molar refractivity (Wildman–Crippen MR) is 90.2 cm³/mol. The van der Waals surface area contributed by atoms with Gasteiger partial charge in [-0.1, -0.05) is 0 Å². The highest BCUT2D eigenvalue weighted by Crippen LogP contribution is 2.25. The number of nitrogens with zero attached hydrogens (tertiary/aromatic N) is 1. The Bertz CT molecular complexity index is 282. The standard InChI is InChI=1S/C12H22F3N3S.HI/c1-16-11(18-9-10-5-4-8-19-10)17-7-3-2-6-12(13,14)15;/h10H,2-9H2,1H3,(H2,16,17,18);1H. The molecule has 1 saturated heterocycles. The first kappa shape index (κ1) is 20.1. The van der Waals surface area contributed by atoms with E-state index in [9.17, 15) is 13.2 Å². The second-order valence-corrected chi connectivity index (χ2v) is 6.00. The van der Waals surface area contributed by atoms with E-state index in [1.165, 1.54) is 18.6 Å². The summed E-state index contributed by atoms with van der Waals surface area (Å²) in [6.45, 7) is 1.39. The van der Waals surface area contributed by atoms with Crippen LogP contribution in [0.25, 0.3) is 0 Å². The zero-order chi connectivity index (χ0) is 14.1. The molecule has 0 aromatic rings. The molecule has 120 valence electrons. The molecule has 8 heteroatoms. The Morgan fingerprint density at radius 3 is 2.60 bits per heavy atom. The summed E-state index contributed by atoms with van der Waals surface area (Å²) in [6, 6.07) is 0. The van der Waals surface area contributed by atoms with E-state index in [0.29, 0.717) is 24.2 Å². The van der Waals surface area contributed by atoms with E-state index in [-0.39, 0.29) is 30.4 Å². The van der Waals surface area contributed by atoms with Gasteiger partial charge in [0.2, 0.25) is 0 Å². The van der Waals surface area contributed by atoms with E-state index >= 15 is 0 Å². The topological polar surface area (TPSA) is 36.4 Å². The largest absolute Gasteiger partial charge is 0.389 e. The van der Waals surface area contributed by atoms with Gasteiger partial charge in [-0.15, -0.1) is 24.0 Å². The number of aliphatic imine (C=N–C) groups is 1. The Labute approximate surface area is 140 Å². The van der Waals surface area contributed by atoms with Crippen molar-refractivity contribution in [3.63, 3.8) is 0 Å². The van der Waals surface area contributed by atoms with Crippen LogP contribution in [0.5, 0.6) is 0 Å². The molecule has 20 heavy (non-hydrogen) atoms. The number of hydrogen-bond acceptors (Lipinski definition) is 2. The molecule has 1 rings (SSSR count). The molecule has 1 heterocycles. The molecule has 0 aromatic carbocycles. The zero-order valence-corrected chi connectivity index (χ0v) is 14.8. The minimum atomic E-state index is -4.04. The molecule has 3 nitrogen and oxygen atoms in total. The molecule has 1 unspecified atom stereocenters. The molecule has 1 aliphatic rings. The third kappa shape index (κ3) is 9.95. The van der Waals surface area contributed by atoms with Crippen molar-refractivity contribution in [2.75, 3.05) is 25.9 Å². The van der Waals surface area contributed by atoms with Gasteiger partial charge in [0.1, 0.15) is 0 Å². The highest BCUT2D eigenvalue weighted by Gasteiger charge is 2.25. The molecular formula is C12H23F3IN3S. The zero-order valence-electron chi connectivity index (χ0n) is 11.6. The Morgan fingerprint density at radius 1 is 1.30 bits per heavy atom. The summed E-state index contributed by atoms with van der Waals surface area (Å²) in [6.07, 6.45) is -1.61. The molecule has 0 radical (unpaired) electrons. The number of nitrogens with one attached hydrogen (secondary N) is 2. The summed E-state index contributed by atoms with van der Waals surface area (Å²) in [7, 11) is 1.67. The van der Waals surface area contributed by atoms with Crippen molar-refractivity contribution in [3.05, 3.63) is 0 Å². The normalized spacial score (nSPS) is 19.6. The van der Waals surface area contributed by atoms with Gasteiger partial charge in [-0.3, -0.25) is 4.99 Å². The van der Waals surface area contributed by atoms with Crippen molar-refractivity contribution < 1.29 is 13.2 Å². The lowest BCUT2D eigenvalue weighted by Crippen LogP contribution is -2.40. The van der Waals surface area contributed by atoms with Crippen molar-refractivity contribution in [2.45, 2.75) is 43.5 Å². The van der Waals surface area contributed by atoms with Gasteiger partial charge in [-0.2, -0.15) is 24.9 Å². The van der Waals surface area contributed by atoms with Crippen LogP contribution in [-0.2, 0) is 0 Å². The maximum atomic E-state index is 11.9. The molecule has 0 amide bonds. The van der Waals surface area contributed by atoms with Gasteiger partial charge in [0.15, 0.2) is 5.96 Å². The number of guanidine groups is 1. The lowest BCUT2D eigenvalue weighted by molar-refractivity contribution is -0.135. The van der Waals surface area contributed by atoms with Crippen LogP contribution in [0.2, 0.25) is 0 Å². The molecule has 1 atom stereocenters. The van der Waals surface area contributed by atoms with Crippen LogP contribution < -0.4 is 10.6 Å². The fourth-order valence-corrected chi connectivity index (χ4v) is 3.09. The lowest BCUT2D eigenvalue weighted by atomic mass is 10.2. The Kier molecular flexibility index (Phi) is 10.9. The number of thioether (sulfide) groups is 1. The average Bonchev–Trinajstić information content (AvgIpc) is 2.84. The maximum Gasteiger partial charge on any atom is 0.389 e.